The summed E-state index contributed by atoms with van der Waals surface area (Å²) in [6, 6.07) is 89.3. The Morgan fingerprint density at radius 2 is 0.547 bits per heavy atom. The zero-order chi connectivity index (χ0) is 43.2. The van der Waals surface area contributed by atoms with Crippen molar-refractivity contribution >= 4 is 45.5 Å². The highest BCUT2D eigenvalue weighted by atomic mass is 15.2. The Bertz CT molecular complexity index is 3060. The fourth-order valence-electron chi connectivity index (χ4n) is 8.92. The molecule has 0 saturated carbocycles. The van der Waals surface area contributed by atoms with Gasteiger partial charge in [0.2, 0.25) is 0 Å². The lowest BCUT2D eigenvalue weighted by Gasteiger charge is -2.33. The summed E-state index contributed by atoms with van der Waals surface area (Å²) in [5.41, 5.74) is 32.0. The van der Waals surface area contributed by atoms with E-state index in [9.17, 15) is 0 Å². The molecule has 0 radical (unpaired) electrons. The van der Waals surface area contributed by atoms with Gasteiger partial charge in [0.1, 0.15) is 0 Å². The number of anilines is 8. The lowest BCUT2D eigenvalue weighted by Crippen LogP contribution is -2.14. The van der Waals surface area contributed by atoms with Crippen molar-refractivity contribution in [1.82, 2.24) is 0 Å². The van der Waals surface area contributed by atoms with Gasteiger partial charge in [-0.15, -0.1) is 0 Å². The van der Waals surface area contributed by atoms with Crippen molar-refractivity contribution in [2.45, 2.75) is 0 Å². The van der Waals surface area contributed by atoms with Crippen molar-refractivity contribution < 1.29 is 0 Å². The van der Waals surface area contributed by atoms with E-state index >= 15 is 0 Å². The lowest BCUT2D eigenvalue weighted by molar-refractivity contribution is 1.28. The summed E-state index contributed by atoms with van der Waals surface area (Å²) < 4.78 is 0. The third-order valence-electron chi connectivity index (χ3n) is 11.8. The van der Waals surface area contributed by atoms with Crippen LogP contribution in [0.25, 0.3) is 55.6 Å². The standard InChI is InChI=1S/C60H46N4/c61-59-52(45-28-12-3-13-29-45)42-53(56-50(43-24-8-1-9-25-43)38-22-40-54(56)63(46-30-14-4-15-31-46)47-32-16-5-17-33-47)58(60(59)62)57-51(44-26-10-2-11-27-44)39-23-41-55(57)64(48-34-18-6-19-35-48)49-36-20-7-21-37-49/h1-42H,61-62H2. The van der Waals surface area contributed by atoms with Crippen molar-refractivity contribution in [3.8, 4) is 55.6 Å². The van der Waals surface area contributed by atoms with E-state index in [1.54, 1.807) is 0 Å². The minimum absolute atomic E-state index is 0.502. The minimum Gasteiger partial charge on any atom is -0.397 e. The third kappa shape index (κ3) is 7.55. The molecule has 0 atom stereocenters. The second kappa shape index (κ2) is 17.8. The summed E-state index contributed by atoms with van der Waals surface area (Å²) in [5.74, 6) is 0. The highest BCUT2D eigenvalue weighted by Crippen LogP contribution is 2.56. The van der Waals surface area contributed by atoms with Crippen LogP contribution in [0.3, 0.4) is 0 Å². The molecule has 306 valence electrons. The first-order chi connectivity index (χ1) is 31.7. The molecular weight excluding hydrogens is 777 g/mol. The predicted molar refractivity (Wildman–Crippen MR) is 272 cm³/mol. The van der Waals surface area contributed by atoms with Crippen LogP contribution in [-0.4, -0.2) is 0 Å². The minimum atomic E-state index is 0.502. The van der Waals surface area contributed by atoms with E-state index in [-0.39, 0.29) is 0 Å². The van der Waals surface area contributed by atoms with Gasteiger partial charge in [-0.05, 0) is 100 Å². The molecule has 0 spiro atoms. The van der Waals surface area contributed by atoms with Gasteiger partial charge >= 0.3 is 0 Å². The summed E-state index contributed by atoms with van der Waals surface area (Å²) in [5, 5.41) is 0. The summed E-state index contributed by atoms with van der Waals surface area (Å²) in [6.45, 7) is 0. The van der Waals surface area contributed by atoms with Crippen LogP contribution in [0.5, 0.6) is 0 Å². The Labute approximate surface area is 375 Å². The fraction of sp³-hybridized carbons (Fsp3) is 0. The highest BCUT2D eigenvalue weighted by Gasteiger charge is 2.30. The molecule has 0 aliphatic heterocycles. The molecule has 0 bridgehead atoms. The molecule has 0 amide bonds. The van der Waals surface area contributed by atoms with Crippen molar-refractivity contribution in [2.75, 3.05) is 21.3 Å². The molecule has 64 heavy (non-hydrogen) atoms. The van der Waals surface area contributed by atoms with E-state index in [2.05, 4.69) is 259 Å². The molecule has 10 aromatic rings. The first-order valence-corrected chi connectivity index (χ1v) is 21.6. The number of hydrogen-bond acceptors (Lipinski definition) is 4. The number of nitrogens with two attached hydrogens (primary N) is 2. The van der Waals surface area contributed by atoms with Crippen LogP contribution in [0.1, 0.15) is 0 Å². The van der Waals surface area contributed by atoms with E-state index in [1.807, 2.05) is 6.07 Å². The number of benzene rings is 10. The molecule has 0 saturated heterocycles. The van der Waals surface area contributed by atoms with Gasteiger partial charge in [0, 0.05) is 45.0 Å². The molecule has 4 N–H and O–H groups in total. The first kappa shape index (κ1) is 39.5. The third-order valence-corrected chi connectivity index (χ3v) is 11.8. The Morgan fingerprint density at radius 3 is 0.922 bits per heavy atom. The SMILES string of the molecule is Nc1c(-c2ccccc2)cc(-c2c(-c3ccccc3)cccc2N(c2ccccc2)c2ccccc2)c(-c2c(-c3ccccc3)cccc2N(c2ccccc2)c2ccccc2)c1N. The quantitative estimate of drug-likeness (QED) is 0.128. The molecular formula is C60H46N4. The molecule has 0 heterocycles. The van der Waals surface area contributed by atoms with Gasteiger partial charge in [-0.1, -0.05) is 188 Å². The Kier molecular flexibility index (Phi) is 11.0. The van der Waals surface area contributed by atoms with Gasteiger partial charge < -0.3 is 21.3 Å². The van der Waals surface area contributed by atoms with E-state index in [0.717, 1.165) is 89.8 Å². The van der Waals surface area contributed by atoms with Gasteiger partial charge in [-0.2, -0.15) is 0 Å². The van der Waals surface area contributed by atoms with Crippen LogP contribution < -0.4 is 21.3 Å². The molecule has 4 nitrogen and oxygen atoms in total. The van der Waals surface area contributed by atoms with E-state index in [0.29, 0.717) is 11.4 Å². The monoisotopic (exact) mass is 822 g/mol. The molecule has 10 rings (SSSR count). The maximum Gasteiger partial charge on any atom is 0.0641 e. The number of para-hydroxylation sites is 4. The van der Waals surface area contributed by atoms with Gasteiger partial charge in [-0.3, -0.25) is 0 Å². The van der Waals surface area contributed by atoms with Gasteiger partial charge in [-0.25, -0.2) is 0 Å². The average Bonchev–Trinajstić information content (AvgIpc) is 3.37. The maximum absolute atomic E-state index is 7.76. The highest BCUT2D eigenvalue weighted by molar-refractivity contribution is 6.13. The van der Waals surface area contributed by atoms with Crippen molar-refractivity contribution in [1.29, 1.82) is 0 Å². The van der Waals surface area contributed by atoms with Crippen molar-refractivity contribution in [3.05, 3.63) is 255 Å². The number of rotatable bonds is 11. The van der Waals surface area contributed by atoms with Gasteiger partial charge in [0.05, 0.1) is 22.7 Å². The molecule has 0 aliphatic rings. The van der Waals surface area contributed by atoms with Crippen LogP contribution >= 0.6 is 0 Å². The Balaban J connectivity index is 1.40. The first-order valence-electron chi connectivity index (χ1n) is 21.6. The average molecular weight is 823 g/mol. The van der Waals surface area contributed by atoms with E-state index < -0.39 is 0 Å². The van der Waals surface area contributed by atoms with E-state index in [1.165, 1.54) is 0 Å². The number of hydrogen-bond donors (Lipinski definition) is 2. The molecule has 0 fully saturated rings. The topological polar surface area (TPSA) is 58.5 Å². The van der Waals surface area contributed by atoms with Crippen molar-refractivity contribution in [2.24, 2.45) is 0 Å². The molecule has 0 aromatic heterocycles. The predicted octanol–water partition coefficient (Wildman–Crippen LogP) is 16.1. The smallest absolute Gasteiger partial charge is 0.0641 e. The Hall–Kier alpha value is -8.60. The summed E-state index contributed by atoms with van der Waals surface area (Å²) >= 11 is 0. The zero-order valence-corrected chi connectivity index (χ0v) is 35.3. The van der Waals surface area contributed by atoms with Crippen LogP contribution in [0, 0.1) is 0 Å². The van der Waals surface area contributed by atoms with Crippen LogP contribution in [0.4, 0.5) is 45.5 Å². The Morgan fingerprint density at radius 1 is 0.234 bits per heavy atom. The van der Waals surface area contributed by atoms with Crippen molar-refractivity contribution in [3.63, 3.8) is 0 Å². The van der Waals surface area contributed by atoms with Gasteiger partial charge in [0.15, 0.2) is 0 Å². The molecule has 0 aliphatic carbocycles. The second-order valence-corrected chi connectivity index (χ2v) is 15.7. The summed E-state index contributed by atoms with van der Waals surface area (Å²) in [4.78, 5) is 4.68. The second-order valence-electron chi connectivity index (χ2n) is 15.7. The summed E-state index contributed by atoms with van der Waals surface area (Å²) in [7, 11) is 0. The maximum atomic E-state index is 7.76. The lowest BCUT2D eigenvalue weighted by atomic mass is 9.81. The van der Waals surface area contributed by atoms with Crippen LogP contribution in [-0.2, 0) is 0 Å². The molecule has 10 aromatic carbocycles. The van der Waals surface area contributed by atoms with E-state index in [4.69, 9.17) is 11.5 Å². The van der Waals surface area contributed by atoms with Crippen LogP contribution in [0.2, 0.25) is 0 Å². The number of nitrogens with zero attached hydrogens (tertiary/aromatic N) is 2. The largest absolute Gasteiger partial charge is 0.397 e. The number of nitrogen functional groups attached to an aromatic ring is 2. The fourth-order valence-corrected chi connectivity index (χ4v) is 8.92. The summed E-state index contributed by atoms with van der Waals surface area (Å²) in [6.07, 6.45) is 0. The normalized spacial score (nSPS) is 10.9. The van der Waals surface area contributed by atoms with Gasteiger partial charge in [0.25, 0.3) is 0 Å². The molecule has 4 heteroatoms. The zero-order valence-electron chi connectivity index (χ0n) is 35.3. The molecule has 0 unspecified atom stereocenters. The van der Waals surface area contributed by atoms with Crippen LogP contribution in [0.15, 0.2) is 255 Å².